The molecule has 8 rings (SSSR count). The number of morpholine rings is 1. The molecule has 11 heteroatoms. The molecule has 2 aromatic heterocycles. The lowest BCUT2D eigenvalue weighted by Crippen LogP contribution is -2.41. The molecule has 1 spiro atoms. The molecule has 4 atom stereocenters. The molecule has 4 fully saturated rings. The molecule has 2 bridgehead atoms. The predicted molar refractivity (Wildman–Crippen MR) is 155 cm³/mol. The average molecular weight is 590 g/mol. The topological polar surface area (TPSA) is 126 Å². The Bertz CT molecular complexity index is 1790. The number of rotatable bonds is 4. The van der Waals surface area contributed by atoms with Crippen LogP contribution >= 0.6 is 0 Å². The van der Waals surface area contributed by atoms with Gasteiger partial charge in [-0.3, -0.25) is 19.7 Å². The van der Waals surface area contributed by atoms with E-state index < -0.39 is 21.8 Å². The van der Waals surface area contributed by atoms with Crippen LogP contribution < -0.4 is 4.90 Å². The fourth-order valence-electron chi connectivity index (χ4n) is 9.28. The molecule has 3 aromatic rings. The monoisotopic (exact) mass is 589 g/mol. The van der Waals surface area contributed by atoms with Crippen LogP contribution in [0.25, 0.3) is 10.9 Å². The number of anilines is 1. The fraction of sp³-hybridized carbons (Fsp3) is 0.548. The summed E-state index contributed by atoms with van der Waals surface area (Å²) < 4.78 is 34.0. The number of hydrogen-bond acceptors (Lipinski definition) is 7. The molecule has 1 N–H and O–H groups in total. The lowest BCUT2D eigenvalue weighted by Gasteiger charge is -2.49. The van der Waals surface area contributed by atoms with Crippen LogP contribution in [-0.4, -0.2) is 66.0 Å². The number of fused-ring (bicyclic) bond motifs is 4. The number of amides is 2. The number of nitrogens with one attached hydrogen (secondary N) is 1. The molecule has 42 heavy (non-hydrogen) atoms. The van der Waals surface area contributed by atoms with Gasteiger partial charge < -0.3 is 4.74 Å². The van der Waals surface area contributed by atoms with Gasteiger partial charge in [0, 0.05) is 23.9 Å². The molecule has 4 heterocycles. The quantitative estimate of drug-likeness (QED) is 0.451. The van der Waals surface area contributed by atoms with Gasteiger partial charge in [0.25, 0.3) is 11.8 Å². The van der Waals surface area contributed by atoms with Gasteiger partial charge in [-0.1, -0.05) is 6.92 Å². The third kappa shape index (κ3) is 3.41. The van der Waals surface area contributed by atoms with E-state index in [1.54, 1.807) is 32.0 Å². The van der Waals surface area contributed by atoms with E-state index in [0.717, 1.165) is 25.0 Å². The SMILES string of the molecule is Cc1n[nH]c(C)c1N1C(=O)c2c(C34CC(C)CC5(CCC5C3)C4)nc3ccc(S(=O)(=O)N4CCOCC4)cc3c2C1=O. The molecule has 3 aliphatic carbocycles. The first kappa shape index (κ1) is 26.5. The second kappa shape index (κ2) is 8.70. The highest BCUT2D eigenvalue weighted by Crippen LogP contribution is 2.71. The maximum Gasteiger partial charge on any atom is 0.268 e. The van der Waals surface area contributed by atoms with E-state index >= 15 is 0 Å². The number of benzene rings is 1. The number of pyridine rings is 1. The maximum absolute atomic E-state index is 14.5. The Morgan fingerprint density at radius 2 is 1.81 bits per heavy atom. The van der Waals surface area contributed by atoms with Gasteiger partial charge in [0.1, 0.15) is 0 Å². The Morgan fingerprint density at radius 3 is 2.50 bits per heavy atom. The van der Waals surface area contributed by atoms with Gasteiger partial charge >= 0.3 is 0 Å². The molecule has 220 valence electrons. The van der Waals surface area contributed by atoms with Crippen LogP contribution in [0.5, 0.6) is 0 Å². The first-order valence-electron chi connectivity index (χ1n) is 15.0. The number of aryl methyl sites for hydroxylation is 2. The van der Waals surface area contributed by atoms with E-state index in [4.69, 9.17) is 9.72 Å². The van der Waals surface area contributed by atoms with Crippen LogP contribution in [0.1, 0.15) is 83.2 Å². The fourth-order valence-corrected chi connectivity index (χ4v) is 10.7. The van der Waals surface area contributed by atoms with Crippen molar-refractivity contribution in [3.8, 4) is 0 Å². The van der Waals surface area contributed by atoms with Crippen molar-refractivity contribution >= 4 is 38.4 Å². The van der Waals surface area contributed by atoms with Crippen molar-refractivity contribution in [2.24, 2.45) is 17.3 Å². The summed E-state index contributed by atoms with van der Waals surface area (Å²) in [6.07, 6.45) is 6.55. The van der Waals surface area contributed by atoms with Gasteiger partial charge in [-0.15, -0.1) is 0 Å². The van der Waals surface area contributed by atoms with Crippen LogP contribution in [0.4, 0.5) is 5.69 Å². The number of carbonyl (C=O) groups excluding carboxylic acids is 2. The zero-order valence-electron chi connectivity index (χ0n) is 24.2. The number of aromatic amines is 1. The van der Waals surface area contributed by atoms with Crippen molar-refractivity contribution in [2.45, 2.75) is 69.6 Å². The zero-order valence-corrected chi connectivity index (χ0v) is 25.0. The summed E-state index contributed by atoms with van der Waals surface area (Å²) in [5.41, 5.74) is 3.55. The van der Waals surface area contributed by atoms with Crippen LogP contribution in [0.15, 0.2) is 23.1 Å². The highest BCUT2D eigenvalue weighted by Gasteiger charge is 2.64. The minimum atomic E-state index is -3.83. The second-order valence-electron chi connectivity index (χ2n) is 13.4. The molecule has 0 radical (unpaired) electrons. The van der Waals surface area contributed by atoms with Gasteiger partial charge in [-0.25, -0.2) is 13.3 Å². The van der Waals surface area contributed by atoms with Crippen molar-refractivity contribution in [1.82, 2.24) is 19.5 Å². The minimum absolute atomic E-state index is 0.0883. The van der Waals surface area contributed by atoms with Gasteiger partial charge in [-0.05, 0) is 87.8 Å². The highest BCUT2D eigenvalue weighted by molar-refractivity contribution is 7.89. The van der Waals surface area contributed by atoms with Crippen molar-refractivity contribution in [2.75, 3.05) is 31.2 Å². The summed E-state index contributed by atoms with van der Waals surface area (Å²) >= 11 is 0. The lowest BCUT2D eigenvalue weighted by atomic mass is 9.55. The predicted octanol–water partition coefficient (Wildman–Crippen LogP) is 4.25. The molecular formula is C31H35N5O5S. The van der Waals surface area contributed by atoms with E-state index in [0.29, 0.717) is 64.0 Å². The van der Waals surface area contributed by atoms with E-state index in [2.05, 4.69) is 17.1 Å². The number of hydrogen-bond donors (Lipinski definition) is 1. The van der Waals surface area contributed by atoms with Gasteiger partial charge in [0.2, 0.25) is 10.0 Å². The number of aromatic nitrogens is 3. The Balaban J connectivity index is 1.36. The summed E-state index contributed by atoms with van der Waals surface area (Å²) in [4.78, 5) is 35.4. The molecule has 2 aliphatic heterocycles. The molecule has 3 saturated carbocycles. The van der Waals surface area contributed by atoms with Crippen molar-refractivity contribution in [3.05, 3.63) is 46.4 Å². The van der Waals surface area contributed by atoms with E-state index in [1.807, 2.05) is 0 Å². The summed E-state index contributed by atoms with van der Waals surface area (Å²) in [6, 6.07) is 4.84. The van der Waals surface area contributed by atoms with Gasteiger partial charge in [-0.2, -0.15) is 9.40 Å². The number of ether oxygens (including phenoxy) is 1. The Morgan fingerprint density at radius 1 is 1.05 bits per heavy atom. The third-order valence-corrected chi connectivity index (χ3v) is 12.8. The number of carbonyl (C=O) groups is 2. The molecular weight excluding hydrogens is 554 g/mol. The van der Waals surface area contributed by atoms with E-state index in [9.17, 15) is 18.0 Å². The van der Waals surface area contributed by atoms with Crippen LogP contribution in [-0.2, 0) is 20.2 Å². The summed E-state index contributed by atoms with van der Waals surface area (Å²) in [6.45, 7) is 7.07. The number of sulfonamides is 1. The lowest BCUT2D eigenvalue weighted by molar-refractivity contribution is 0.0202. The molecule has 10 nitrogen and oxygen atoms in total. The number of H-pyrrole nitrogens is 1. The molecule has 1 aromatic carbocycles. The Hall–Kier alpha value is -3.15. The Kier molecular flexibility index (Phi) is 5.49. The maximum atomic E-state index is 14.5. The normalized spacial score (nSPS) is 31.0. The first-order chi connectivity index (χ1) is 20.0. The van der Waals surface area contributed by atoms with Gasteiger partial charge in [0.05, 0.1) is 57.5 Å². The van der Waals surface area contributed by atoms with Crippen LogP contribution in [0, 0.1) is 31.1 Å². The summed E-state index contributed by atoms with van der Waals surface area (Å²) in [7, 11) is -3.83. The largest absolute Gasteiger partial charge is 0.379 e. The molecule has 5 aliphatic rings. The van der Waals surface area contributed by atoms with Crippen LogP contribution in [0.2, 0.25) is 0 Å². The summed E-state index contributed by atoms with van der Waals surface area (Å²) in [5.74, 6) is 0.278. The van der Waals surface area contributed by atoms with Crippen LogP contribution in [0.3, 0.4) is 0 Å². The number of imide groups is 1. The minimum Gasteiger partial charge on any atom is -0.379 e. The van der Waals surface area contributed by atoms with Crippen molar-refractivity contribution in [1.29, 1.82) is 0 Å². The molecule has 1 saturated heterocycles. The molecule has 2 amide bonds. The third-order valence-electron chi connectivity index (χ3n) is 10.9. The average Bonchev–Trinajstić information content (AvgIpc) is 3.49. The Labute approximate surface area is 244 Å². The first-order valence-corrected chi connectivity index (χ1v) is 16.5. The van der Waals surface area contributed by atoms with Crippen molar-refractivity contribution in [3.63, 3.8) is 0 Å². The van der Waals surface area contributed by atoms with E-state index in [-0.39, 0.29) is 29.0 Å². The molecule has 4 unspecified atom stereocenters. The number of nitrogens with zero attached hydrogens (tertiary/aromatic N) is 4. The summed E-state index contributed by atoms with van der Waals surface area (Å²) in [5, 5.41) is 7.56. The zero-order chi connectivity index (χ0) is 29.2. The second-order valence-corrected chi connectivity index (χ2v) is 15.3. The smallest absolute Gasteiger partial charge is 0.268 e. The highest BCUT2D eigenvalue weighted by atomic mass is 32.2. The van der Waals surface area contributed by atoms with E-state index in [1.165, 1.54) is 28.5 Å². The van der Waals surface area contributed by atoms with Gasteiger partial charge in [0.15, 0.2) is 0 Å². The van der Waals surface area contributed by atoms with Crippen molar-refractivity contribution < 1.29 is 22.7 Å². The standard InChI is InChI=1S/C31H35N5O5S/c1-17-13-30-7-6-20(30)15-31(14-17,16-30)27-25-24(28(37)36(29(25)38)26-18(2)33-34-19(26)3)22-12-21(4-5-23(22)32-27)42(39,40)35-8-10-41-11-9-35/h4-5,12,17,20H,6-11,13-16H2,1-3H3,(H,33,34).